The molecule has 4 aromatic rings. The van der Waals surface area contributed by atoms with Gasteiger partial charge in [0.1, 0.15) is 5.82 Å². The van der Waals surface area contributed by atoms with Crippen molar-refractivity contribution in [1.82, 2.24) is 15.4 Å². The van der Waals surface area contributed by atoms with E-state index in [2.05, 4.69) is 20.8 Å². The van der Waals surface area contributed by atoms with Crippen LogP contribution in [0.1, 0.15) is 9.80 Å². The van der Waals surface area contributed by atoms with Crippen LogP contribution in [0, 0.1) is 5.82 Å². The topological polar surface area (TPSA) is 66.9 Å². The smallest absolute Gasteiger partial charge is 0.273 e. The Hall–Kier alpha value is -2.58. The molecule has 0 aliphatic carbocycles. The Kier molecular flexibility index (Phi) is 3.40. The summed E-state index contributed by atoms with van der Waals surface area (Å²) in [6, 6.07) is 11.9. The molecular weight excluding hydrogens is 335 g/mol. The number of fused-ring (bicyclic) bond motifs is 2. The van der Waals surface area contributed by atoms with E-state index >= 15 is 0 Å². The third-order valence-electron chi connectivity index (χ3n) is 3.12. The Bertz CT molecular complexity index is 994. The van der Waals surface area contributed by atoms with Gasteiger partial charge < -0.3 is 0 Å². The molecule has 2 heterocycles. The monoisotopic (exact) mass is 344 g/mol. The lowest BCUT2D eigenvalue weighted by molar-refractivity contribution is 0.0962. The highest BCUT2D eigenvalue weighted by atomic mass is 32.1. The van der Waals surface area contributed by atoms with Gasteiger partial charge in [0.2, 0.25) is 5.13 Å². The number of thiazole rings is 2. The molecule has 2 aromatic heterocycles. The number of amides is 1. The van der Waals surface area contributed by atoms with Gasteiger partial charge in [-0.3, -0.25) is 15.6 Å². The van der Waals surface area contributed by atoms with Crippen molar-refractivity contribution in [2.45, 2.75) is 0 Å². The number of hydrogen-bond donors (Lipinski definition) is 2. The van der Waals surface area contributed by atoms with E-state index in [1.807, 2.05) is 24.3 Å². The van der Waals surface area contributed by atoms with E-state index in [-0.39, 0.29) is 11.7 Å². The summed E-state index contributed by atoms with van der Waals surface area (Å²) in [6.07, 6.45) is 0. The molecule has 2 N–H and O–H groups in total. The molecule has 0 bridgehead atoms. The van der Waals surface area contributed by atoms with Crippen LogP contribution in [0.2, 0.25) is 0 Å². The molecule has 4 rings (SSSR count). The number of carbonyl (C=O) groups is 1. The van der Waals surface area contributed by atoms with E-state index in [9.17, 15) is 9.18 Å². The van der Waals surface area contributed by atoms with Crippen LogP contribution in [0.3, 0.4) is 0 Å². The van der Waals surface area contributed by atoms with E-state index in [0.29, 0.717) is 20.4 Å². The summed E-state index contributed by atoms with van der Waals surface area (Å²) in [5.41, 5.74) is 6.78. The Morgan fingerprint density at radius 2 is 1.83 bits per heavy atom. The number of halogens is 1. The average Bonchev–Trinajstić information content (AvgIpc) is 3.15. The predicted molar refractivity (Wildman–Crippen MR) is 90.3 cm³/mol. The quantitative estimate of drug-likeness (QED) is 0.555. The van der Waals surface area contributed by atoms with Crippen molar-refractivity contribution in [3.8, 4) is 0 Å². The minimum atomic E-state index is -0.336. The molecule has 23 heavy (non-hydrogen) atoms. The van der Waals surface area contributed by atoms with Crippen LogP contribution in [0.15, 0.2) is 42.5 Å². The maximum absolute atomic E-state index is 13.2. The van der Waals surface area contributed by atoms with Gasteiger partial charge >= 0.3 is 0 Å². The zero-order valence-electron chi connectivity index (χ0n) is 11.5. The zero-order chi connectivity index (χ0) is 15.8. The Balaban J connectivity index is 1.51. The molecule has 0 aliphatic rings. The molecule has 0 spiro atoms. The van der Waals surface area contributed by atoms with Crippen LogP contribution in [0.4, 0.5) is 9.52 Å². The van der Waals surface area contributed by atoms with E-state index in [1.165, 1.54) is 34.8 Å². The first kappa shape index (κ1) is 14.0. The second-order valence-electron chi connectivity index (χ2n) is 4.70. The van der Waals surface area contributed by atoms with E-state index in [1.54, 1.807) is 6.07 Å². The molecular formula is C15H9FN4OS2. The van der Waals surface area contributed by atoms with Gasteiger partial charge in [0, 0.05) is 0 Å². The second-order valence-corrected chi connectivity index (χ2v) is 6.76. The Morgan fingerprint density at radius 3 is 2.70 bits per heavy atom. The third-order valence-corrected chi connectivity index (χ3v) is 5.09. The molecule has 0 fully saturated rings. The number of rotatable bonds is 3. The number of hydrogen-bond acceptors (Lipinski definition) is 6. The molecule has 0 aliphatic heterocycles. The van der Waals surface area contributed by atoms with Crippen molar-refractivity contribution in [3.05, 3.63) is 53.3 Å². The number of anilines is 1. The zero-order valence-corrected chi connectivity index (χ0v) is 13.2. The molecule has 5 nitrogen and oxygen atoms in total. The number of para-hydroxylation sites is 1. The third kappa shape index (κ3) is 2.73. The molecule has 0 atom stereocenters. The van der Waals surface area contributed by atoms with Gasteiger partial charge in [0.15, 0.2) is 5.01 Å². The van der Waals surface area contributed by atoms with Crippen LogP contribution >= 0.6 is 22.7 Å². The van der Waals surface area contributed by atoms with Gasteiger partial charge in [-0.15, -0.1) is 11.3 Å². The summed E-state index contributed by atoms with van der Waals surface area (Å²) in [4.78, 5) is 20.7. The summed E-state index contributed by atoms with van der Waals surface area (Å²) >= 11 is 2.58. The summed E-state index contributed by atoms with van der Waals surface area (Å²) in [6.45, 7) is 0. The van der Waals surface area contributed by atoms with Gasteiger partial charge in [0.25, 0.3) is 5.91 Å². The summed E-state index contributed by atoms with van der Waals surface area (Å²) in [7, 11) is 0. The predicted octanol–water partition coefficient (Wildman–Crippen LogP) is 3.80. The lowest BCUT2D eigenvalue weighted by atomic mass is 10.3. The molecule has 0 saturated heterocycles. The highest BCUT2D eigenvalue weighted by Crippen LogP contribution is 2.26. The Morgan fingerprint density at radius 1 is 1.00 bits per heavy atom. The number of carbonyl (C=O) groups excluding carboxylic acids is 1. The standard InChI is InChI=1S/C15H9FN4OS2/c16-8-5-6-10-12(7-8)23-15(18-10)20-19-13(21)14-17-9-3-1-2-4-11(9)22-14/h1-7H,(H,18,20)(H,19,21). The van der Waals surface area contributed by atoms with Crippen LogP contribution in [0.25, 0.3) is 20.4 Å². The van der Waals surface area contributed by atoms with Gasteiger partial charge in [-0.05, 0) is 30.3 Å². The number of nitrogens with zero attached hydrogens (tertiary/aromatic N) is 2. The number of benzene rings is 2. The molecule has 8 heteroatoms. The fourth-order valence-corrected chi connectivity index (χ4v) is 3.79. The number of hydrazine groups is 1. The van der Waals surface area contributed by atoms with Crippen molar-refractivity contribution in [1.29, 1.82) is 0 Å². The van der Waals surface area contributed by atoms with Gasteiger partial charge in [-0.1, -0.05) is 23.5 Å². The van der Waals surface area contributed by atoms with Crippen molar-refractivity contribution in [3.63, 3.8) is 0 Å². The summed E-state index contributed by atoms with van der Waals surface area (Å²) in [5.74, 6) is -0.650. The lowest BCUT2D eigenvalue weighted by Crippen LogP contribution is -2.29. The lowest BCUT2D eigenvalue weighted by Gasteiger charge is -2.02. The first-order valence-corrected chi connectivity index (χ1v) is 8.30. The molecule has 0 saturated carbocycles. The minimum absolute atomic E-state index is 0.314. The number of aromatic nitrogens is 2. The maximum atomic E-state index is 13.2. The molecule has 0 unspecified atom stereocenters. The fourth-order valence-electron chi connectivity index (χ4n) is 2.08. The first-order chi connectivity index (χ1) is 11.2. The minimum Gasteiger partial charge on any atom is -0.273 e. The molecule has 114 valence electrons. The molecule has 0 radical (unpaired) electrons. The van der Waals surface area contributed by atoms with Crippen LogP contribution in [-0.2, 0) is 0 Å². The van der Waals surface area contributed by atoms with Crippen molar-refractivity contribution < 1.29 is 9.18 Å². The Labute approximate surface area is 137 Å². The van der Waals surface area contributed by atoms with E-state index < -0.39 is 0 Å². The summed E-state index contributed by atoms with van der Waals surface area (Å²) < 4.78 is 14.8. The van der Waals surface area contributed by atoms with Crippen molar-refractivity contribution >= 4 is 54.1 Å². The van der Waals surface area contributed by atoms with Crippen LogP contribution in [-0.4, -0.2) is 15.9 Å². The highest BCUT2D eigenvalue weighted by Gasteiger charge is 2.12. The highest BCUT2D eigenvalue weighted by molar-refractivity contribution is 7.22. The van der Waals surface area contributed by atoms with E-state index in [4.69, 9.17) is 0 Å². The van der Waals surface area contributed by atoms with Gasteiger partial charge in [-0.25, -0.2) is 14.4 Å². The van der Waals surface area contributed by atoms with Crippen molar-refractivity contribution in [2.24, 2.45) is 0 Å². The molecule has 1 amide bonds. The second kappa shape index (κ2) is 5.56. The molecule has 2 aromatic carbocycles. The largest absolute Gasteiger partial charge is 0.298 e. The number of nitrogens with one attached hydrogen (secondary N) is 2. The fraction of sp³-hybridized carbons (Fsp3) is 0. The average molecular weight is 344 g/mol. The SMILES string of the molecule is O=C(NNc1nc2ccc(F)cc2s1)c1nc2ccccc2s1. The van der Waals surface area contributed by atoms with Gasteiger partial charge in [-0.2, -0.15) is 0 Å². The van der Waals surface area contributed by atoms with Crippen LogP contribution < -0.4 is 10.9 Å². The van der Waals surface area contributed by atoms with Crippen LogP contribution in [0.5, 0.6) is 0 Å². The van der Waals surface area contributed by atoms with Gasteiger partial charge in [0.05, 0.1) is 20.4 Å². The van der Waals surface area contributed by atoms with Crippen molar-refractivity contribution in [2.75, 3.05) is 5.43 Å². The van der Waals surface area contributed by atoms with E-state index in [0.717, 1.165) is 10.2 Å². The summed E-state index contributed by atoms with van der Waals surface area (Å²) in [5, 5.41) is 0.853. The first-order valence-electron chi connectivity index (χ1n) is 6.67. The normalized spacial score (nSPS) is 11.0. The maximum Gasteiger partial charge on any atom is 0.298 e.